The molecular formula is C16H22N6O3S2. The van der Waals surface area contributed by atoms with E-state index in [1.165, 1.54) is 17.4 Å². The van der Waals surface area contributed by atoms with Gasteiger partial charge in [0, 0.05) is 57.9 Å². The van der Waals surface area contributed by atoms with Gasteiger partial charge in [0.25, 0.3) is 0 Å². The molecule has 0 aliphatic carbocycles. The number of rotatable bonds is 6. The fraction of sp³-hybridized carbons (Fsp3) is 0.438. The van der Waals surface area contributed by atoms with Crippen LogP contribution in [0.1, 0.15) is 0 Å². The minimum atomic E-state index is -3.36. The first kappa shape index (κ1) is 19.5. The van der Waals surface area contributed by atoms with Gasteiger partial charge in [0.1, 0.15) is 9.90 Å². The van der Waals surface area contributed by atoms with Crippen LogP contribution in [0.3, 0.4) is 0 Å². The Morgan fingerprint density at radius 3 is 2.59 bits per heavy atom. The van der Waals surface area contributed by atoms with Crippen molar-refractivity contribution in [1.82, 2.24) is 20.2 Å². The van der Waals surface area contributed by atoms with Gasteiger partial charge in [0.2, 0.25) is 5.95 Å². The van der Waals surface area contributed by atoms with E-state index < -0.39 is 15.9 Å². The lowest BCUT2D eigenvalue weighted by molar-refractivity contribution is 0.240. The van der Waals surface area contributed by atoms with Crippen LogP contribution in [0.2, 0.25) is 0 Å². The second-order valence-electron chi connectivity index (χ2n) is 6.14. The molecule has 0 aromatic carbocycles. The van der Waals surface area contributed by atoms with Crippen LogP contribution in [-0.2, 0) is 9.84 Å². The predicted octanol–water partition coefficient (Wildman–Crippen LogP) is 0.885. The minimum absolute atomic E-state index is 0.141. The number of hydrogen-bond donors (Lipinski definition) is 2. The number of piperazine rings is 1. The van der Waals surface area contributed by atoms with Gasteiger partial charge in [-0.25, -0.2) is 23.2 Å². The summed E-state index contributed by atoms with van der Waals surface area (Å²) < 4.78 is 23.3. The number of nitrogens with one attached hydrogen (secondary N) is 2. The van der Waals surface area contributed by atoms with E-state index in [4.69, 9.17) is 0 Å². The number of amides is 2. The second kappa shape index (κ2) is 8.63. The van der Waals surface area contributed by atoms with E-state index in [1.807, 2.05) is 0 Å². The third-order valence-electron chi connectivity index (χ3n) is 4.18. The van der Waals surface area contributed by atoms with Gasteiger partial charge in [-0.15, -0.1) is 11.3 Å². The maximum Gasteiger partial charge on any atom is 0.319 e. The number of anilines is 2. The highest BCUT2D eigenvalue weighted by Crippen LogP contribution is 2.27. The van der Waals surface area contributed by atoms with Crippen molar-refractivity contribution in [1.29, 1.82) is 0 Å². The van der Waals surface area contributed by atoms with E-state index in [0.717, 1.165) is 44.9 Å². The number of carbonyl (C=O) groups is 1. The van der Waals surface area contributed by atoms with Gasteiger partial charge in [-0.2, -0.15) is 0 Å². The number of hydrogen-bond acceptors (Lipinski definition) is 8. The van der Waals surface area contributed by atoms with Crippen molar-refractivity contribution < 1.29 is 13.2 Å². The molecule has 2 aromatic rings. The van der Waals surface area contributed by atoms with E-state index in [-0.39, 0.29) is 4.90 Å². The second-order valence-corrected chi connectivity index (χ2v) is 9.04. The lowest BCUT2D eigenvalue weighted by Gasteiger charge is -2.34. The van der Waals surface area contributed by atoms with Crippen LogP contribution in [0.15, 0.2) is 34.8 Å². The molecule has 3 heterocycles. The van der Waals surface area contributed by atoms with Crippen molar-refractivity contribution in [3.05, 3.63) is 29.9 Å². The molecule has 2 aromatic heterocycles. The lowest BCUT2D eigenvalue weighted by Crippen LogP contribution is -2.49. The summed E-state index contributed by atoms with van der Waals surface area (Å²) >= 11 is 1.19. The zero-order valence-corrected chi connectivity index (χ0v) is 16.6. The molecule has 0 atom stereocenters. The van der Waals surface area contributed by atoms with E-state index in [1.54, 1.807) is 23.8 Å². The third-order valence-corrected chi connectivity index (χ3v) is 6.27. The van der Waals surface area contributed by atoms with Gasteiger partial charge in [0.05, 0.1) is 0 Å². The molecular weight excluding hydrogens is 388 g/mol. The molecule has 146 valence electrons. The van der Waals surface area contributed by atoms with Crippen LogP contribution in [0.5, 0.6) is 0 Å². The highest BCUT2D eigenvalue weighted by atomic mass is 32.2. The molecule has 11 heteroatoms. The largest absolute Gasteiger partial charge is 0.338 e. The molecule has 1 saturated heterocycles. The molecule has 2 amide bonds. The van der Waals surface area contributed by atoms with Gasteiger partial charge < -0.3 is 10.2 Å². The maximum atomic E-state index is 12.0. The van der Waals surface area contributed by atoms with Crippen LogP contribution < -0.4 is 15.5 Å². The predicted molar refractivity (Wildman–Crippen MR) is 105 cm³/mol. The van der Waals surface area contributed by atoms with Crippen molar-refractivity contribution in [2.75, 3.05) is 55.7 Å². The summed E-state index contributed by atoms with van der Waals surface area (Å²) in [6, 6.07) is 2.88. The Kier molecular flexibility index (Phi) is 6.24. The molecule has 0 bridgehead atoms. The Bertz CT molecular complexity index is 863. The third kappa shape index (κ3) is 5.37. The highest BCUT2D eigenvalue weighted by molar-refractivity contribution is 7.91. The van der Waals surface area contributed by atoms with E-state index in [9.17, 15) is 13.2 Å². The Hall–Kier alpha value is -2.24. The fourth-order valence-electron chi connectivity index (χ4n) is 2.78. The van der Waals surface area contributed by atoms with Crippen LogP contribution in [0.4, 0.5) is 15.7 Å². The number of nitrogens with zero attached hydrogens (tertiary/aromatic N) is 4. The van der Waals surface area contributed by atoms with Gasteiger partial charge >= 0.3 is 6.03 Å². The van der Waals surface area contributed by atoms with Crippen molar-refractivity contribution >= 4 is 38.2 Å². The standard InChI is InChI=1S/C16H22N6O3S2/c1-27(24,25)13-3-12-26-14(13)20-16(23)19-6-7-21-8-10-22(11-9-21)15-17-4-2-5-18-15/h2-5,12H,6-11H2,1H3,(H2,19,20,23). The molecule has 1 aliphatic rings. The summed E-state index contributed by atoms with van der Waals surface area (Å²) in [4.78, 5) is 25.1. The molecule has 2 N–H and O–H groups in total. The summed E-state index contributed by atoms with van der Waals surface area (Å²) in [6.45, 7) is 4.61. The minimum Gasteiger partial charge on any atom is -0.338 e. The fourth-order valence-corrected chi connectivity index (χ4v) is 4.85. The SMILES string of the molecule is CS(=O)(=O)c1ccsc1NC(=O)NCCN1CCN(c2ncccn2)CC1. The number of thiophene rings is 1. The van der Waals surface area contributed by atoms with Gasteiger partial charge in [-0.05, 0) is 17.5 Å². The average Bonchev–Trinajstić information content (AvgIpc) is 3.11. The van der Waals surface area contributed by atoms with Gasteiger partial charge in [-0.1, -0.05) is 0 Å². The highest BCUT2D eigenvalue weighted by Gasteiger charge is 2.19. The zero-order chi connectivity index (χ0) is 19.3. The Balaban J connectivity index is 1.39. The number of sulfone groups is 1. The molecule has 0 spiro atoms. The number of urea groups is 1. The summed E-state index contributed by atoms with van der Waals surface area (Å²) in [7, 11) is -3.36. The van der Waals surface area contributed by atoms with Crippen molar-refractivity contribution in [2.45, 2.75) is 4.90 Å². The lowest BCUT2D eigenvalue weighted by atomic mass is 10.3. The van der Waals surface area contributed by atoms with Crippen LogP contribution in [0.25, 0.3) is 0 Å². The zero-order valence-electron chi connectivity index (χ0n) is 15.0. The average molecular weight is 411 g/mol. The first-order valence-electron chi connectivity index (χ1n) is 8.50. The summed E-state index contributed by atoms with van der Waals surface area (Å²) in [5.41, 5.74) is 0. The molecule has 27 heavy (non-hydrogen) atoms. The number of aromatic nitrogens is 2. The molecule has 0 unspecified atom stereocenters. The number of carbonyl (C=O) groups excluding carboxylic acids is 1. The molecule has 1 aliphatic heterocycles. The van der Waals surface area contributed by atoms with Crippen molar-refractivity contribution in [3.8, 4) is 0 Å². The quantitative estimate of drug-likeness (QED) is 0.728. The van der Waals surface area contributed by atoms with Crippen LogP contribution in [0, 0.1) is 0 Å². The van der Waals surface area contributed by atoms with Crippen LogP contribution >= 0.6 is 11.3 Å². The molecule has 9 nitrogen and oxygen atoms in total. The van der Waals surface area contributed by atoms with E-state index in [2.05, 4.69) is 30.4 Å². The summed E-state index contributed by atoms with van der Waals surface area (Å²) in [5.74, 6) is 0.743. The first-order valence-corrected chi connectivity index (χ1v) is 11.3. The molecule has 1 fully saturated rings. The Morgan fingerprint density at radius 2 is 1.93 bits per heavy atom. The maximum absolute atomic E-state index is 12.0. The molecule has 0 saturated carbocycles. The van der Waals surface area contributed by atoms with E-state index in [0.29, 0.717) is 11.5 Å². The Labute approximate surface area is 162 Å². The van der Waals surface area contributed by atoms with Crippen molar-refractivity contribution in [3.63, 3.8) is 0 Å². The normalized spacial score (nSPS) is 15.5. The summed E-state index contributed by atoms with van der Waals surface area (Å²) in [6.07, 6.45) is 4.60. The molecule has 3 rings (SSSR count). The van der Waals surface area contributed by atoms with Gasteiger partial charge in [0.15, 0.2) is 9.84 Å². The van der Waals surface area contributed by atoms with Crippen molar-refractivity contribution in [2.24, 2.45) is 0 Å². The monoisotopic (exact) mass is 410 g/mol. The topological polar surface area (TPSA) is 108 Å². The smallest absolute Gasteiger partial charge is 0.319 e. The summed E-state index contributed by atoms with van der Waals surface area (Å²) in [5, 5.41) is 7.36. The molecule has 0 radical (unpaired) electrons. The van der Waals surface area contributed by atoms with Gasteiger partial charge in [-0.3, -0.25) is 10.2 Å². The Morgan fingerprint density at radius 1 is 1.22 bits per heavy atom. The van der Waals surface area contributed by atoms with Crippen LogP contribution in [-0.4, -0.2) is 74.8 Å². The first-order chi connectivity index (χ1) is 12.9. The van der Waals surface area contributed by atoms with E-state index >= 15 is 0 Å².